The number of carbonyl (C=O) groups is 2. The molecule has 0 unspecified atom stereocenters. The van der Waals surface area contributed by atoms with E-state index in [0.717, 1.165) is 17.8 Å². The molecule has 3 aromatic rings. The summed E-state index contributed by atoms with van der Waals surface area (Å²) in [4.78, 5) is 23.9. The highest BCUT2D eigenvalue weighted by atomic mass is 32.2. The van der Waals surface area contributed by atoms with Gasteiger partial charge in [0.2, 0.25) is 5.91 Å². The van der Waals surface area contributed by atoms with E-state index in [2.05, 4.69) is 60.6 Å². The van der Waals surface area contributed by atoms with Crippen molar-refractivity contribution in [3.8, 4) is 11.4 Å². The van der Waals surface area contributed by atoms with Crippen LogP contribution in [0, 0.1) is 0 Å². The number of hydrogen-bond acceptors (Lipinski definition) is 6. The van der Waals surface area contributed by atoms with Crippen LogP contribution in [0.1, 0.15) is 50.0 Å². The van der Waals surface area contributed by atoms with Gasteiger partial charge in [-0.15, -0.1) is 10.2 Å². The lowest BCUT2D eigenvalue weighted by Gasteiger charge is -2.19. The van der Waals surface area contributed by atoms with Crippen molar-refractivity contribution < 1.29 is 14.3 Å². The molecule has 1 amide bonds. The lowest BCUT2D eigenvalue weighted by atomic mass is 9.87. The largest absolute Gasteiger partial charge is 0.385 e. The number of nitrogens with one attached hydrogen (secondary N) is 1. The maximum atomic E-state index is 12.5. The second-order valence-electron chi connectivity index (χ2n) is 9.10. The fourth-order valence-electron chi connectivity index (χ4n) is 3.41. The molecule has 0 saturated carbocycles. The SMILES string of the molecule is COCCCn1c(SCC(=O)Nc2ccc(C(C)=O)cc2)nnc1-c1ccc(C(C)(C)C)cc1. The molecule has 0 aliphatic rings. The number of Topliss-reactive ketones (excluding diaryl/α,β-unsaturated/α-hetero) is 1. The van der Waals surface area contributed by atoms with Crippen molar-refractivity contribution in [2.75, 3.05) is 24.8 Å². The number of rotatable bonds is 10. The van der Waals surface area contributed by atoms with E-state index < -0.39 is 0 Å². The highest BCUT2D eigenvalue weighted by Crippen LogP contribution is 2.28. The molecule has 1 aromatic heterocycles. The van der Waals surface area contributed by atoms with E-state index in [1.165, 1.54) is 24.2 Å². The van der Waals surface area contributed by atoms with Crippen molar-refractivity contribution in [3.05, 3.63) is 59.7 Å². The predicted octanol–water partition coefficient (Wildman–Crippen LogP) is 5.21. The Bertz CT molecular complexity index is 1120. The topological polar surface area (TPSA) is 86.1 Å². The molecule has 34 heavy (non-hydrogen) atoms. The first-order chi connectivity index (χ1) is 16.2. The summed E-state index contributed by atoms with van der Waals surface area (Å²) in [5, 5.41) is 12.4. The van der Waals surface area contributed by atoms with Crippen molar-refractivity contribution in [1.82, 2.24) is 14.8 Å². The fourth-order valence-corrected chi connectivity index (χ4v) is 4.18. The van der Waals surface area contributed by atoms with Gasteiger partial charge in [0, 0.05) is 37.1 Å². The number of nitrogens with zero attached hydrogens (tertiary/aromatic N) is 3. The van der Waals surface area contributed by atoms with E-state index in [0.29, 0.717) is 29.6 Å². The monoisotopic (exact) mass is 480 g/mol. The van der Waals surface area contributed by atoms with Crippen LogP contribution < -0.4 is 5.32 Å². The Hall–Kier alpha value is -2.97. The van der Waals surface area contributed by atoms with E-state index in [1.807, 2.05) is 4.57 Å². The molecule has 0 bridgehead atoms. The molecule has 2 aromatic carbocycles. The van der Waals surface area contributed by atoms with Gasteiger partial charge in [-0.2, -0.15) is 0 Å². The van der Waals surface area contributed by atoms with Gasteiger partial charge in [0.15, 0.2) is 16.8 Å². The van der Waals surface area contributed by atoms with Gasteiger partial charge in [0.25, 0.3) is 0 Å². The fraction of sp³-hybridized carbons (Fsp3) is 0.385. The van der Waals surface area contributed by atoms with Gasteiger partial charge >= 0.3 is 0 Å². The van der Waals surface area contributed by atoms with Crippen LogP contribution in [0.25, 0.3) is 11.4 Å². The minimum absolute atomic E-state index is 0.00917. The molecule has 1 heterocycles. The van der Waals surface area contributed by atoms with Crippen molar-refractivity contribution in [1.29, 1.82) is 0 Å². The normalized spacial score (nSPS) is 11.4. The summed E-state index contributed by atoms with van der Waals surface area (Å²) < 4.78 is 7.27. The number of carbonyl (C=O) groups excluding carboxylic acids is 2. The number of thioether (sulfide) groups is 1. The minimum atomic E-state index is -0.150. The molecular formula is C26H32N4O3S. The molecule has 0 atom stereocenters. The van der Waals surface area contributed by atoms with Gasteiger partial charge in [-0.3, -0.25) is 9.59 Å². The molecular weight excluding hydrogens is 448 g/mol. The van der Waals surface area contributed by atoms with E-state index in [1.54, 1.807) is 31.4 Å². The van der Waals surface area contributed by atoms with Gasteiger partial charge in [-0.05, 0) is 48.6 Å². The number of amides is 1. The zero-order valence-electron chi connectivity index (χ0n) is 20.4. The molecule has 0 radical (unpaired) electrons. The lowest BCUT2D eigenvalue weighted by molar-refractivity contribution is -0.113. The minimum Gasteiger partial charge on any atom is -0.385 e. The Morgan fingerprint density at radius 2 is 1.71 bits per heavy atom. The van der Waals surface area contributed by atoms with E-state index >= 15 is 0 Å². The number of ketones is 1. The van der Waals surface area contributed by atoms with Gasteiger partial charge in [-0.25, -0.2) is 0 Å². The molecule has 0 aliphatic heterocycles. The average molecular weight is 481 g/mol. The Kier molecular flexibility index (Phi) is 8.63. The van der Waals surface area contributed by atoms with Crippen LogP contribution in [-0.4, -0.2) is 45.9 Å². The molecule has 0 aliphatic carbocycles. The van der Waals surface area contributed by atoms with Crippen molar-refractivity contribution >= 4 is 29.1 Å². The third-order valence-corrected chi connectivity index (χ3v) is 6.33. The summed E-state index contributed by atoms with van der Waals surface area (Å²) in [5.41, 5.74) is 3.58. The number of methoxy groups -OCH3 is 1. The first-order valence-corrected chi connectivity index (χ1v) is 12.2. The van der Waals surface area contributed by atoms with E-state index in [9.17, 15) is 9.59 Å². The first kappa shape index (κ1) is 25.6. The van der Waals surface area contributed by atoms with Crippen LogP contribution in [0.15, 0.2) is 53.7 Å². The third kappa shape index (κ3) is 6.77. The zero-order chi connectivity index (χ0) is 24.7. The molecule has 180 valence electrons. The molecule has 3 rings (SSSR count). The Balaban J connectivity index is 1.72. The molecule has 0 fully saturated rings. The first-order valence-electron chi connectivity index (χ1n) is 11.3. The van der Waals surface area contributed by atoms with Crippen LogP contribution in [0.2, 0.25) is 0 Å². The Morgan fingerprint density at radius 3 is 2.29 bits per heavy atom. The predicted molar refractivity (Wildman–Crippen MR) is 136 cm³/mol. The van der Waals surface area contributed by atoms with Crippen molar-refractivity contribution in [2.24, 2.45) is 0 Å². The number of benzene rings is 2. The molecule has 0 spiro atoms. The highest BCUT2D eigenvalue weighted by Gasteiger charge is 2.18. The maximum Gasteiger partial charge on any atom is 0.234 e. The molecule has 8 heteroatoms. The van der Waals surface area contributed by atoms with Crippen LogP contribution >= 0.6 is 11.8 Å². The van der Waals surface area contributed by atoms with Gasteiger partial charge in [-0.1, -0.05) is 56.8 Å². The van der Waals surface area contributed by atoms with Gasteiger partial charge < -0.3 is 14.6 Å². The van der Waals surface area contributed by atoms with Crippen LogP contribution in [-0.2, 0) is 21.5 Å². The van der Waals surface area contributed by atoms with Crippen LogP contribution in [0.5, 0.6) is 0 Å². The summed E-state index contributed by atoms with van der Waals surface area (Å²) in [6.45, 7) is 9.39. The summed E-state index contributed by atoms with van der Waals surface area (Å²) in [6.07, 6.45) is 0.809. The average Bonchev–Trinajstić information content (AvgIpc) is 3.20. The number of hydrogen-bond donors (Lipinski definition) is 1. The third-order valence-electron chi connectivity index (χ3n) is 5.36. The molecule has 1 N–H and O–H groups in total. The number of aromatic nitrogens is 3. The summed E-state index contributed by atoms with van der Waals surface area (Å²) in [6, 6.07) is 15.3. The van der Waals surface area contributed by atoms with Crippen molar-refractivity contribution in [2.45, 2.75) is 51.2 Å². The summed E-state index contributed by atoms with van der Waals surface area (Å²) in [7, 11) is 1.68. The van der Waals surface area contributed by atoms with Gasteiger partial charge in [0.1, 0.15) is 0 Å². The maximum absolute atomic E-state index is 12.5. The summed E-state index contributed by atoms with van der Waals surface area (Å²) in [5.74, 6) is 0.812. The Labute approximate surface area is 205 Å². The number of anilines is 1. The highest BCUT2D eigenvalue weighted by molar-refractivity contribution is 7.99. The quantitative estimate of drug-likeness (QED) is 0.243. The van der Waals surface area contributed by atoms with E-state index in [-0.39, 0.29) is 22.9 Å². The second-order valence-corrected chi connectivity index (χ2v) is 10.0. The lowest BCUT2D eigenvalue weighted by Crippen LogP contribution is -2.15. The molecule has 0 saturated heterocycles. The van der Waals surface area contributed by atoms with Crippen molar-refractivity contribution in [3.63, 3.8) is 0 Å². The number of ether oxygens (including phenoxy) is 1. The second kappa shape index (κ2) is 11.4. The molecule has 7 nitrogen and oxygen atoms in total. The van der Waals surface area contributed by atoms with Crippen LogP contribution in [0.4, 0.5) is 5.69 Å². The van der Waals surface area contributed by atoms with Gasteiger partial charge in [0.05, 0.1) is 5.75 Å². The smallest absolute Gasteiger partial charge is 0.234 e. The Morgan fingerprint density at radius 1 is 1.03 bits per heavy atom. The van der Waals surface area contributed by atoms with Crippen LogP contribution in [0.3, 0.4) is 0 Å². The summed E-state index contributed by atoms with van der Waals surface area (Å²) >= 11 is 1.35. The van der Waals surface area contributed by atoms with E-state index in [4.69, 9.17) is 4.74 Å². The zero-order valence-corrected chi connectivity index (χ0v) is 21.2. The standard InChI is InChI=1S/C26H32N4O3S/c1-18(31)19-9-13-22(14-10-19)27-23(32)17-34-25-29-28-24(30(25)15-6-16-33-5)20-7-11-21(12-8-20)26(2,3)4/h7-14H,6,15-17H2,1-5H3,(H,27,32).